The highest BCUT2D eigenvalue weighted by molar-refractivity contribution is 5.42. The molecule has 1 aromatic rings. The van der Waals surface area contributed by atoms with Crippen LogP contribution < -0.4 is 5.32 Å². The molecule has 1 atom stereocenters. The van der Waals surface area contributed by atoms with Gasteiger partial charge < -0.3 is 14.8 Å². The van der Waals surface area contributed by atoms with Crippen LogP contribution in [0.5, 0.6) is 0 Å². The number of hydrogen-bond acceptors (Lipinski definition) is 3. The zero-order valence-electron chi connectivity index (χ0n) is 8.11. The molecule has 1 heterocycles. The first kappa shape index (κ1) is 9.49. The second-order valence-corrected chi connectivity index (χ2v) is 3.35. The summed E-state index contributed by atoms with van der Waals surface area (Å²) in [5, 5.41) is 3.33. The van der Waals surface area contributed by atoms with Crippen molar-refractivity contribution in [1.82, 2.24) is 0 Å². The molecule has 0 radical (unpaired) electrons. The number of ether oxygens (including phenoxy) is 2. The first-order chi connectivity index (χ1) is 6.95. The van der Waals surface area contributed by atoms with Gasteiger partial charge in [-0.25, -0.2) is 0 Å². The van der Waals surface area contributed by atoms with Crippen molar-refractivity contribution in [3.05, 3.63) is 30.3 Å². The molecule has 1 aliphatic rings. The van der Waals surface area contributed by atoms with E-state index >= 15 is 0 Å². The fourth-order valence-electron chi connectivity index (χ4n) is 1.45. The third-order valence-corrected chi connectivity index (χ3v) is 2.28. The van der Waals surface area contributed by atoms with Crippen LogP contribution >= 0.6 is 0 Å². The first-order valence-corrected chi connectivity index (χ1v) is 4.93. The molecule has 1 saturated heterocycles. The molecule has 0 bridgehead atoms. The Morgan fingerprint density at radius 2 is 2.14 bits per heavy atom. The molecule has 1 aromatic carbocycles. The monoisotopic (exact) mass is 193 g/mol. The largest absolute Gasteiger partial charge is 0.382 e. The van der Waals surface area contributed by atoms with E-state index in [1.807, 2.05) is 18.2 Å². The van der Waals surface area contributed by atoms with E-state index in [4.69, 9.17) is 9.47 Å². The summed E-state index contributed by atoms with van der Waals surface area (Å²) < 4.78 is 10.5. The minimum absolute atomic E-state index is 0.281. The number of nitrogens with one attached hydrogen (secondary N) is 1. The van der Waals surface area contributed by atoms with Gasteiger partial charge in [-0.2, -0.15) is 0 Å². The Bertz CT molecular complexity index is 257. The standard InChI is InChI=1S/C11H15NO2/c1-2-4-10(5-3-1)12-8-11-6-7-13-9-14-11/h1-5,11-12H,6-9H2. The fourth-order valence-corrected chi connectivity index (χ4v) is 1.45. The maximum Gasteiger partial charge on any atom is 0.147 e. The highest BCUT2D eigenvalue weighted by Crippen LogP contribution is 2.09. The minimum atomic E-state index is 0.281. The summed E-state index contributed by atoms with van der Waals surface area (Å²) in [7, 11) is 0. The van der Waals surface area contributed by atoms with Gasteiger partial charge in [0.2, 0.25) is 0 Å². The van der Waals surface area contributed by atoms with Crippen LogP contribution in [0.2, 0.25) is 0 Å². The van der Waals surface area contributed by atoms with Gasteiger partial charge in [-0.15, -0.1) is 0 Å². The quantitative estimate of drug-likeness (QED) is 0.794. The average molecular weight is 193 g/mol. The zero-order valence-corrected chi connectivity index (χ0v) is 8.11. The molecule has 0 aromatic heterocycles. The SMILES string of the molecule is c1ccc(NCC2CCOCO2)cc1. The average Bonchev–Trinajstić information content (AvgIpc) is 2.29. The van der Waals surface area contributed by atoms with E-state index in [9.17, 15) is 0 Å². The summed E-state index contributed by atoms with van der Waals surface area (Å²) in [5.41, 5.74) is 1.14. The molecule has 3 nitrogen and oxygen atoms in total. The summed E-state index contributed by atoms with van der Waals surface area (Å²) >= 11 is 0. The molecule has 0 amide bonds. The maximum atomic E-state index is 5.41. The Labute approximate surface area is 84.0 Å². The van der Waals surface area contributed by atoms with Crippen LogP contribution in [0.3, 0.4) is 0 Å². The van der Waals surface area contributed by atoms with Gasteiger partial charge in [0.15, 0.2) is 0 Å². The van der Waals surface area contributed by atoms with Crippen molar-refractivity contribution in [3.63, 3.8) is 0 Å². The van der Waals surface area contributed by atoms with Gasteiger partial charge in [0.1, 0.15) is 6.79 Å². The zero-order chi connectivity index (χ0) is 9.64. The third-order valence-electron chi connectivity index (χ3n) is 2.28. The normalized spacial score (nSPS) is 21.9. The Hall–Kier alpha value is -1.06. The summed E-state index contributed by atoms with van der Waals surface area (Å²) in [6.07, 6.45) is 1.25. The minimum Gasteiger partial charge on any atom is -0.382 e. The smallest absolute Gasteiger partial charge is 0.147 e. The van der Waals surface area contributed by atoms with Crippen LogP contribution in [0.4, 0.5) is 5.69 Å². The lowest BCUT2D eigenvalue weighted by atomic mass is 10.2. The molecule has 2 rings (SSSR count). The molecule has 76 valence electrons. The lowest BCUT2D eigenvalue weighted by Gasteiger charge is -2.23. The van der Waals surface area contributed by atoms with Crippen LogP contribution in [0.25, 0.3) is 0 Å². The van der Waals surface area contributed by atoms with Gasteiger partial charge in [-0.05, 0) is 18.6 Å². The molecule has 1 fully saturated rings. The Morgan fingerprint density at radius 1 is 1.29 bits per heavy atom. The number of benzene rings is 1. The molecule has 0 saturated carbocycles. The van der Waals surface area contributed by atoms with Crippen molar-refractivity contribution in [2.75, 3.05) is 25.3 Å². The third kappa shape index (κ3) is 2.72. The van der Waals surface area contributed by atoms with Crippen molar-refractivity contribution in [2.24, 2.45) is 0 Å². The molecule has 1 N–H and O–H groups in total. The van der Waals surface area contributed by atoms with Gasteiger partial charge in [0.25, 0.3) is 0 Å². The molecule has 1 unspecified atom stereocenters. The first-order valence-electron chi connectivity index (χ1n) is 4.93. The van der Waals surface area contributed by atoms with Gasteiger partial charge in [0.05, 0.1) is 12.7 Å². The van der Waals surface area contributed by atoms with Crippen LogP contribution in [-0.4, -0.2) is 26.0 Å². The van der Waals surface area contributed by atoms with E-state index in [2.05, 4.69) is 17.4 Å². The summed E-state index contributed by atoms with van der Waals surface area (Å²) in [6.45, 7) is 2.09. The van der Waals surface area contributed by atoms with E-state index in [1.165, 1.54) is 0 Å². The predicted molar refractivity (Wildman–Crippen MR) is 55.2 cm³/mol. The highest BCUT2D eigenvalue weighted by atomic mass is 16.7. The topological polar surface area (TPSA) is 30.5 Å². The molecule has 0 aliphatic carbocycles. The lowest BCUT2D eigenvalue weighted by molar-refractivity contribution is -0.133. The van der Waals surface area contributed by atoms with E-state index in [-0.39, 0.29) is 6.10 Å². The number of anilines is 1. The molecular weight excluding hydrogens is 178 g/mol. The van der Waals surface area contributed by atoms with E-state index < -0.39 is 0 Å². The van der Waals surface area contributed by atoms with E-state index in [0.29, 0.717) is 6.79 Å². The fraction of sp³-hybridized carbons (Fsp3) is 0.455. The van der Waals surface area contributed by atoms with Gasteiger partial charge in [-0.3, -0.25) is 0 Å². The molecule has 3 heteroatoms. The second kappa shape index (κ2) is 4.98. The van der Waals surface area contributed by atoms with Crippen LogP contribution in [-0.2, 0) is 9.47 Å². The summed E-state index contributed by atoms with van der Waals surface area (Å²) in [4.78, 5) is 0. The molecule has 14 heavy (non-hydrogen) atoms. The number of hydrogen-bond donors (Lipinski definition) is 1. The highest BCUT2D eigenvalue weighted by Gasteiger charge is 2.13. The van der Waals surface area contributed by atoms with Crippen LogP contribution in [0, 0.1) is 0 Å². The maximum absolute atomic E-state index is 5.41. The van der Waals surface area contributed by atoms with Gasteiger partial charge in [-0.1, -0.05) is 18.2 Å². The molecular formula is C11H15NO2. The Morgan fingerprint density at radius 3 is 2.86 bits per heavy atom. The van der Waals surface area contributed by atoms with Gasteiger partial charge >= 0.3 is 0 Å². The van der Waals surface area contributed by atoms with Crippen molar-refractivity contribution in [3.8, 4) is 0 Å². The molecule has 1 aliphatic heterocycles. The van der Waals surface area contributed by atoms with Crippen LogP contribution in [0.15, 0.2) is 30.3 Å². The van der Waals surface area contributed by atoms with Gasteiger partial charge in [0, 0.05) is 12.2 Å². The number of rotatable bonds is 3. The van der Waals surface area contributed by atoms with E-state index in [0.717, 1.165) is 25.3 Å². The molecule has 0 spiro atoms. The Kier molecular flexibility index (Phi) is 3.38. The van der Waals surface area contributed by atoms with E-state index in [1.54, 1.807) is 0 Å². The second-order valence-electron chi connectivity index (χ2n) is 3.35. The predicted octanol–water partition coefficient (Wildman–Crippen LogP) is 1.86. The van der Waals surface area contributed by atoms with Crippen molar-refractivity contribution >= 4 is 5.69 Å². The summed E-state index contributed by atoms with van der Waals surface area (Å²) in [6, 6.07) is 10.2. The summed E-state index contributed by atoms with van der Waals surface area (Å²) in [5.74, 6) is 0. The lowest BCUT2D eigenvalue weighted by Crippen LogP contribution is -2.30. The number of para-hydroxylation sites is 1. The van der Waals surface area contributed by atoms with Crippen molar-refractivity contribution in [1.29, 1.82) is 0 Å². The van der Waals surface area contributed by atoms with Crippen LogP contribution in [0.1, 0.15) is 6.42 Å². The van der Waals surface area contributed by atoms with Crippen molar-refractivity contribution in [2.45, 2.75) is 12.5 Å². The Balaban J connectivity index is 1.76. The van der Waals surface area contributed by atoms with Crippen molar-refractivity contribution < 1.29 is 9.47 Å².